The minimum Gasteiger partial charge on any atom is -0.317 e. The Morgan fingerprint density at radius 3 is 2.67 bits per heavy atom. The highest BCUT2D eigenvalue weighted by Crippen LogP contribution is 2.61. The van der Waals surface area contributed by atoms with Crippen LogP contribution in [-0.4, -0.2) is 13.1 Å². The SMILES string of the molecule is CCNCC1CC12CCCC(C)(C)CC2. The van der Waals surface area contributed by atoms with Gasteiger partial charge in [0.1, 0.15) is 0 Å². The molecule has 0 heterocycles. The van der Waals surface area contributed by atoms with Gasteiger partial charge >= 0.3 is 0 Å². The maximum Gasteiger partial charge on any atom is -0.00151 e. The molecule has 2 fully saturated rings. The summed E-state index contributed by atoms with van der Waals surface area (Å²) in [6, 6.07) is 0. The van der Waals surface area contributed by atoms with E-state index in [-0.39, 0.29) is 0 Å². The Morgan fingerprint density at radius 1 is 1.13 bits per heavy atom. The number of nitrogens with one attached hydrogen (secondary N) is 1. The van der Waals surface area contributed by atoms with E-state index in [9.17, 15) is 0 Å². The summed E-state index contributed by atoms with van der Waals surface area (Å²) in [5.74, 6) is 1.01. The van der Waals surface area contributed by atoms with Gasteiger partial charge in [-0.15, -0.1) is 0 Å². The molecule has 1 spiro atoms. The van der Waals surface area contributed by atoms with Crippen molar-refractivity contribution in [2.45, 2.75) is 59.3 Å². The van der Waals surface area contributed by atoms with Gasteiger partial charge < -0.3 is 5.32 Å². The van der Waals surface area contributed by atoms with Crippen molar-refractivity contribution in [3.63, 3.8) is 0 Å². The van der Waals surface area contributed by atoms with Gasteiger partial charge in [-0.2, -0.15) is 0 Å². The molecule has 2 aliphatic rings. The molecule has 2 saturated carbocycles. The minimum absolute atomic E-state index is 0.620. The minimum atomic E-state index is 0.620. The fourth-order valence-electron chi connectivity index (χ4n) is 3.41. The van der Waals surface area contributed by atoms with Crippen LogP contribution in [-0.2, 0) is 0 Å². The van der Waals surface area contributed by atoms with Gasteiger partial charge in [0, 0.05) is 0 Å². The lowest BCUT2D eigenvalue weighted by Crippen LogP contribution is -2.19. The maximum absolute atomic E-state index is 3.52. The van der Waals surface area contributed by atoms with Crippen LogP contribution in [0.4, 0.5) is 0 Å². The van der Waals surface area contributed by atoms with E-state index >= 15 is 0 Å². The first-order valence-electron chi connectivity index (χ1n) is 6.79. The molecule has 0 radical (unpaired) electrons. The van der Waals surface area contributed by atoms with E-state index in [1.165, 1.54) is 45.1 Å². The molecule has 0 saturated heterocycles. The Hall–Kier alpha value is -0.0400. The molecular weight excluding hydrogens is 182 g/mol. The van der Waals surface area contributed by atoms with Gasteiger partial charge in [0.25, 0.3) is 0 Å². The summed E-state index contributed by atoms with van der Waals surface area (Å²) in [7, 11) is 0. The summed E-state index contributed by atoms with van der Waals surface area (Å²) < 4.78 is 0. The molecule has 2 unspecified atom stereocenters. The fourth-order valence-corrected chi connectivity index (χ4v) is 3.41. The summed E-state index contributed by atoms with van der Waals surface area (Å²) >= 11 is 0. The van der Waals surface area contributed by atoms with Crippen molar-refractivity contribution in [1.82, 2.24) is 5.32 Å². The zero-order chi connectivity index (χ0) is 10.9. The molecule has 0 aliphatic heterocycles. The molecule has 0 bridgehead atoms. The number of hydrogen-bond donors (Lipinski definition) is 1. The maximum atomic E-state index is 3.52. The highest BCUT2D eigenvalue weighted by atomic mass is 14.9. The first-order valence-corrected chi connectivity index (χ1v) is 6.79. The Kier molecular flexibility index (Phi) is 3.12. The highest BCUT2D eigenvalue weighted by Gasteiger charge is 2.53. The van der Waals surface area contributed by atoms with Crippen molar-refractivity contribution in [1.29, 1.82) is 0 Å². The fraction of sp³-hybridized carbons (Fsp3) is 1.00. The summed E-state index contributed by atoms with van der Waals surface area (Å²) in [5.41, 5.74) is 1.39. The summed E-state index contributed by atoms with van der Waals surface area (Å²) in [4.78, 5) is 0. The van der Waals surface area contributed by atoms with Crippen LogP contribution in [0.5, 0.6) is 0 Å². The van der Waals surface area contributed by atoms with Gasteiger partial charge in [-0.25, -0.2) is 0 Å². The second-order valence-corrected chi connectivity index (χ2v) is 6.59. The first kappa shape index (κ1) is 11.4. The van der Waals surface area contributed by atoms with Gasteiger partial charge in [-0.05, 0) is 61.9 Å². The first-order chi connectivity index (χ1) is 7.08. The molecule has 2 atom stereocenters. The lowest BCUT2D eigenvalue weighted by Gasteiger charge is -2.22. The average Bonchev–Trinajstić information content (AvgIpc) is 2.88. The van der Waals surface area contributed by atoms with E-state index in [1.807, 2.05) is 0 Å². The van der Waals surface area contributed by atoms with Crippen LogP contribution in [0.25, 0.3) is 0 Å². The van der Waals surface area contributed by atoms with E-state index in [0.29, 0.717) is 5.41 Å². The van der Waals surface area contributed by atoms with Gasteiger partial charge in [0.15, 0.2) is 0 Å². The van der Waals surface area contributed by atoms with Crippen molar-refractivity contribution >= 4 is 0 Å². The van der Waals surface area contributed by atoms with E-state index < -0.39 is 0 Å². The second kappa shape index (κ2) is 4.08. The molecule has 1 heteroatoms. The van der Waals surface area contributed by atoms with Crippen LogP contribution in [0.15, 0.2) is 0 Å². The summed E-state index contributed by atoms with van der Waals surface area (Å²) in [6.45, 7) is 9.53. The Balaban J connectivity index is 1.85. The predicted octanol–water partition coefficient (Wildman–Crippen LogP) is 3.59. The molecule has 2 rings (SSSR count). The standard InChI is InChI=1S/C14H27N/c1-4-15-11-12-10-14(12)7-5-6-13(2,3)8-9-14/h12,15H,4-11H2,1-3H3. The quantitative estimate of drug-likeness (QED) is 0.749. The normalized spacial score (nSPS) is 39.0. The molecule has 2 aliphatic carbocycles. The smallest absolute Gasteiger partial charge is 0.00151 e. The molecule has 0 aromatic rings. The Labute approximate surface area is 95.0 Å². The number of rotatable bonds is 3. The lowest BCUT2D eigenvalue weighted by atomic mass is 9.84. The zero-order valence-electron chi connectivity index (χ0n) is 10.7. The van der Waals surface area contributed by atoms with E-state index in [2.05, 4.69) is 26.1 Å². The van der Waals surface area contributed by atoms with Gasteiger partial charge in [-0.3, -0.25) is 0 Å². The molecular formula is C14H27N. The zero-order valence-corrected chi connectivity index (χ0v) is 10.7. The van der Waals surface area contributed by atoms with Crippen molar-refractivity contribution in [2.24, 2.45) is 16.7 Å². The Bertz CT molecular complexity index is 221. The van der Waals surface area contributed by atoms with E-state index in [1.54, 1.807) is 0 Å². The van der Waals surface area contributed by atoms with Crippen LogP contribution in [0, 0.1) is 16.7 Å². The van der Waals surface area contributed by atoms with Crippen molar-refractivity contribution < 1.29 is 0 Å². The summed E-state index contributed by atoms with van der Waals surface area (Å²) in [6.07, 6.45) is 8.88. The molecule has 0 aromatic heterocycles. The highest BCUT2D eigenvalue weighted by molar-refractivity contribution is 5.04. The van der Waals surface area contributed by atoms with Crippen LogP contribution in [0.3, 0.4) is 0 Å². The van der Waals surface area contributed by atoms with Crippen molar-refractivity contribution in [3.05, 3.63) is 0 Å². The molecule has 0 amide bonds. The molecule has 1 N–H and O–H groups in total. The average molecular weight is 209 g/mol. The molecule has 0 aromatic carbocycles. The van der Waals surface area contributed by atoms with Crippen LogP contribution < -0.4 is 5.32 Å². The van der Waals surface area contributed by atoms with Gasteiger partial charge in [-0.1, -0.05) is 27.2 Å². The van der Waals surface area contributed by atoms with Gasteiger partial charge in [0.2, 0.25) is 0 Å². The largest absolute Gasteiger partial charge is 0.317 e. The number of hydrogen-bond acceptors (Lipinski definition) is 1. The molecule has 15 heavy (non-hydrogen) atoms. The third-order valence-electron chi connectivity index (χ3n) is 4.83. The van der Waals surface area contributed by atoms with Crippen LogP contribution in [0.1, 0.15) is 59.3 Å². The van der Waals surface area contributed by atoms with Gasteiger partial charge in [0.05, 0.1) is 0 Å². The predicted molar refractivity (Wildman–Crippen MR) is 65.9 cm³/mol. The second-order valence-electron chi connectivity index (χ2n) is 6.59. The van der Waals surface area contributed by atoms with Crippen molar-refractivity contribution in [2.75, 3.05) is 13.1 Å². The van der Waals surface area contributed by atoms with Crippen LogP contribution >= 0.6 is 0 Å². The molecule has 88 valence electrons. The summed E-state index contributed by atoms with van der Waals surface area (Å²) in [5, 5.41) is 3.52. The topological polar surface area (TPSA) is 12.0 Å². The van der Waals surface area contributed by atoms with E-state index in [0.717, 1.165) is 17.9 Å². The van der Waals surface area contributed by atoms with E-state index in [4.69, 9.17) is 0 Å². The molecule has 1 nitrogen and oxygen atoms in total. The monoisotopic (exact) mass is 209 g/mol. The third-order valence-corrected chi connectivity index (χ3v) is 4.83. The lowest BCUT2D eigenvalue weighted by molar-refractivity contribution is 0.300. The van der Waals surface area contributed by atoms with Crippen molar-refractivity contribution in [3.8, 4) is 0 Å². The van der Waals surface area contributed by atoms with Crippen LogP contribution in [0.2, 0.25) is 0 Å². The third kappa shape index (κ3) is 2.55. The Morgan fingerprint density at radius 2 is 1.93 bits per heavy atom.